The molecule has 0 aliphatic carbocycles. The number of aliphatic hydroxyl groups excluding tert-OH is 1. The molecule has 2 atom stereocenters. The number of ether oxygens (including phenoxy) is 2. The third-order valence-corrected chi connectivity index (χ3v) is 11.6. The number of nitrogens with zero attached hydrogens (tertiary/aromatic N) is 4. The number of amides is 4. The summed E-state index contributed by atoms with van der Waals surface area (Å²) >= 11 is 0. The zero-order chi connectivity index (χ0) is 51.3. The molecule has 0 saturated heterocycles. The minimum atomic E-state index is -0.992. The van der Waals surface area contributed by atoms with E-state index in [9.17, 15) is 41.5 Å². The van der Waals surface area contributed by atoms with Gasteiger partial charge in [0, 0.05) is 63.1 Å². The molecule has 400 valence electrons. The number of halogens is 4. The van der Waals surface area contributed by atoms with E-state index in [-0.39, 0.29) is 122 Å². The average Bonchev–Trinajstić information content (AvgIpc) is 3.36. The number of pyridine rings is 2. The number of unbranched alkanes of at least 4 members (excludes halogenated alkanes) is 1. The molecule has 2 aromatic heterocycles. The minimum absolute atomic E-state index is 0. The summed E-state index contributed by atoms with van der Waals surface area (Å²) in [5, 5.41) is 26.8. The van der Waals surface area contributed by atoms with Crippen molar-refractivity contribution in [3.63, 3.8) is 0 Å². The van der Waals surface area contributed by atoms with Gasteiger partial charge in [-0.1, -0.05) is 80.2 Å². The summed E-state index contributed by atoms with van der Waals surface area (Å²) in [7, 11) is 3.09. The molecule has 4 N–H and O–H groups in total. The number of aliphatic carboxylic acids is 1. The van der Waals surface area contributed by atoms with Crippen LogP contribution in [-0.2, 0) is 36.7 Å². The molecule has 0 radical (unpaired) electrons. The Kier molecular flexibility index (Phi) is 27.5. The maximum absolute atomic E-state index is 13.9. The van der Waals surface area contributed by atoms with Crippen LogP contribution in [0.15, 0.2) is 109 Å². The molecule has 6 aromatic rings. The van der Waals surface area contributed by atoms with E-state index in [2.05, 4.69) is 20.6 Å². The number of aryl methyl sites for hydroxylation is 2. The number of fused-ring (bicyclic) bond motifs is 2. The van der Waals surface area contributed by atoms with Crippen LogP contribution in [0.3, 0.4) is 0 Å². The number of carbonyl (C=O) groups excluding carboxylic acids is 4. The maximum Gasteiger partial charge on any atom is 0.412 e. The Balaban J connectivity index is 0.000000487. The van der Waals surface area contributed by atoms with E-state index in [1.807, 2.05) is 48.5 Å². The van der Waals surface area contributed by atoms with E-state index >= 15 is 0 Å². The zero-order valence-electron chi connectivity index (χ0n) is 40.3. The highest BCUT2D eigenvalue weighted by Gasteiger charge is 2.24. The minimum Gasteiger partial charge on any atom is -0.481 e. The summed E-state index contributed by atoms with van der Waals surface area (Å²) < 4.78 is 65.3. The third kappa shape index (κ3) is 19.8. The van der Waals surface area contributed by atoms with Gasteiger partial charge in [-0.2, -0.15) is 27.0 Å². The molecule has 0 unspecified atom stereocenters. The third-order valence-electron chi connectivity index (χ3n) is 11.6. The molecule has 74 heavy (non-hydrogen) atoms. The van der Waals surface area contributed by atoms with Gasteiger partial charge in [-0.15, -0.1) is 0 Å². The summed E-state index contributed by atoms with van der Waals surface area (Å²) in [4.78, 5) is 72.3. The number of carboxylic acid groups (broad SMARTS) is 1. The molecule has 6 rings (SSSR count). The van der Waals surface area contributed by atoms with Crippen LogP contribution in [0.5, 0.6) is 0 Å². The fourth-order valence-corrected chi connectivity index (χ4v) is 7.41. The van der Waals surface area contributed by atoms with Crippen LogP contribution in [0, 0.1) is 23.3 Å². The summed E-state index contributed by atoms with van der Waals surface area (Å²) in [5.74, 6) is -4.90. The Hall–Kier alpha value is -6.97. The number of benzene rings is 4. The van der Waals surface area contributed by atoms with Gasteiger partial charge < -0.3 is 29.5 Å². The topological polar surface area (TPSA) is 201 Å². The molecule has 21 heteroatoms. The van der Waals surface area contributed by atoms with Crippen molar-refractivity contribution in [2.45, 2.75) is 83.7 Å². The average molecular weight is 1070 g/mol. The highest BCUT2D eigenvalue weighted by Crippen LogP contribution is 2.21. The van der Waals surface area contributed by atoms with Crippen molar-refractivity contribution in [3.05, 3.63) is 144 Å². The van der Waals surface area contributed by atoms with Gasteiger partial charge in [0.15, 0.2) is 23.3 Å². The fourth-order valence-electron chi connectivity index (χ4n) is 7.41. The van der Waals surface area contributed by atoms with Crippen molar-refractivity contribution < 1.29 is 61.2 Å². The molecule has 15 nitrogen and oxygen atoms in total. The number of anilines is 2. The first kappa shape index (κ1) is 63.1. The Morgan fingerprint density at radius 2 is 0.986 bits per heavy atom. The summed E-state index contributed by atoms with van der Waals surface area (Å²) in [5.41, 5.74) is 0.208. The van der Waals surface area contributed by atoms with E-state index in [4.69, 9.17) is 19.7 Å². The predicted molar refractivity (Wildman–Crippen MR) is 286 cm³/mol. The van der Waals surface area contributed by atoms with Crippen molar-refractivity contribution in [3.8, 4) is 0 Å². The lowest BCUT2D eigenvalue weighted by atomic mass is 10.1. The number of carbonyl (C=O) groups is 5. The predicted octanol–water partition coefficient (Wildman–Crippen LogP) is 10.3. The standard InChI is InChI=1S/C26H27F2N3O5.C26H29F2N3O4.CH4.2H2S/c1-31(23(32)13-12-17-8-4-10-21(27)25(17)28)20(9-5-11-24(33)34)16-36-26(35)30-22-14-18-6-2-3-7-19(18)15-29-22;1-31(24(33)13-12-18-9-6-11-22(27)25(18)28)21(10-4-5-14-32)17-35-26(34)30-23-15-19-7-2-3-8-20(19)16-29-23;;;/h2-4,6-8,10,14-15,20H,5,9,11-13,16H2,1H3,(H,33,34)(H,29,30,35);2-3,6-9,11,15-16,21,32H,4-5,10,12-14,17H2,1H3,(H,29,30,34);1H4;2*1H2/t20-;21-;;;/m00.../s1. The summed E-state index contributed by atoms with van der Waals surface area (Å²) in [6.07, 6.45) is 3.77. The van der Waals surface area contributed by atoms with Gasteiger partial charge in [-0.05, 0) is 91.1 Å². The van der Waals surface area contributed by atoms with Gasteiger partial charge in [0.2, 0.25) is 11.8 Å². The molecular weight excluding hydrogens is 1000 g/mol. The number of likely N-dealkylation sites (N-methyl/N-ethyl adjacent to an activating group) is 2. The van der Waals surface area contributed by atoms with Crippen LogP contribution >= 0.6 is 27.0 Å². The lowest BCUT2D eigenvalue weighted by Crippen LogP contribution is -2.41. The Labute approximate surface area is 441 Å². The Bertz CT molecular complexity index is 2780. The van der Waals surface area contributed by atoms with Crippen molar-refractivity contribution in [2.75, 3.05) is 44.5 Å². The van der Waals surface area contributed by atoms with Crippen LogP contribution < -0.4 is 10.6 Å². The zero-order valence-corrected chi connectivity index (χ0v) is 42.3. The number of nitrogens with one attached hydrogen (secondary N) is 2. The Morgan fingerprint density at radius 1 is 0.581 bits per heavy atom. The Morgan fingerprint density at radius 3 is 1.39 bits per heavy atom. The van der Waals surface area contributed by atoms with Gasteiger partial charge in [0.1, 0.15) is 24.8 Å². The number of carboxylic acids is 1. The first-order valence-corrected chi connectivity index (χ1v) is 22.9. The largest absolute Gasteiger partial charge is 0.481 e. The van der Waals surface area contributed by atoms with Gasteiger partial charge in [0.05, 0.1) is 12.1 Å². The molecule has 0 spiro atoms. The molecule has 2 heterocycles. The lowest BCUT2D eigenvalue weighted by Gasteiger charge is -2.28. The first-order valence-electron chi connectivity index (χ1n) is 22.9. The van der Waals surface area contributed by atoms with Crippen LogP contribution in [-0.4, -0.2) is 106 Å². The van der Waals surface area contributed by atoms with Crippen LogP contribution in [0.4, 0.5) is 38.8 Å². The number of hydrogen-bond acceptors (Lipinski definition) is 10. The van der Waals surface area contributed by atoms with Gasteiger partial charge >= 0.3 is 18.2 Å². The molecule has 0 saturated carbocycles. The number of rotatable bonds is 22. The smallest absolute Gasteiger partial charge is 0.412 e. The molecule has 0 bridgehead atoms. The van der Waals surface area contributed by atoms with E-state index < -0.39 is 53.5 Å². The van der Waals surface area contributed by atoms with Crippen LogP contribution in [0.2, 0.25) is 0 Å². The number of aromatic nitrogens is 2. The second kappa shape index (κ2) is 32.3. The van der Waals surface area contributed by atoms with Crippen molar-refractivity contribution in [1.29, 1.82) is 0 Å². The lowest BCUT2D eigenvalue weighted by molar-refractivity contribution is -0.137. The van der Waals surface area contributed by atoms with Crippen LogP contribution in [0.1, 0.15) is 69.9 Å². The van der Waals surface area contributed by atoms with Crippen molar-refractivity contribution in [1.82, 2.24) is 19.8 Å². The highest BCUT2D eigenvalue weighted by atomic mass is 32.1. The first-order chi connectivity index (χ1) is 34.1. The van der Waals surface area contributed by atoms with Gasteiger partial charge in [-0.25, -0.2) is 37.1 Å². The van der Waals surface area contributed by atoms with E-state index in [1.54, 1.807) is 31.6 Å². The molecule has 0 aliphatic heterocycles. The van der Waals surface area contributed by atoms with Crippen LogP contribution in [0.25, 0.3) is 21.5 Å². The second-order valence-electron chi connectivity index (χ2n) is 16.5. The monoisotopic (exact) mass is 1070 g/mol. The molecule has 4 amide bonds. The van der Waals surface area contributed by atoms with Gasteiger partial charge in [-0.3, -0.25) is 25.0 Å². The van der Waals surface area contributed by atoms with E-state index in [0.717, 1.165) is 33.7 Å². The summed E-state index contributed by atoms with van der Waals surface area (Å²) in [6.45, 7) is -0.241. The maximum atomic E-state index is 13.9. The summed E-state index contributed by atoms with van der Waals surface area (Å²) in [6, 6.07) is 25.1. The number of aliphatic hydroxyl groups is 1. The number of hydrogen-bond donors (Lipinski definition) is 4. The second-order valence-corrected chi connectivity index (χ2v) is 16.5. The quantitative estimate of drug-likeness (QED) is 0.0372. The molecule has 0 fully saturated rings. The molecular formula is C53H64F4N6O9S2. The van der Waals surface area contributed by atoms with Gasteiger partial charge in [0.25, 0.3) is 0 Å². The fraction of sp³-hybridized carbons (Fsp3) is 0.340. The van der Waals surface area contributed by atoms with Crippen molar-refractivity contribution in [2.24, 2.45) is 0 Å². The normalized spacial score (nSPS) is 11.2. The SMILES string of the molecule is C.CN(C(=O)CCc1cccc(F)c1F)[C@@H](CCCC(=O)O)COC(=O)Nc1cc2ccccc2cn1.CN(C(=O)CCc1cccc(F)c1F)[C@@H](CCCCO)COC(=O)Nc1cc2ccccc2cn1.S.S. The van der Waals surface area contributed by atoms with Crippen molar-refractivity contribution >= 4 is 90.1 Å². The van der Waals surface area contributed by atoms with E-state index in [0.29, 0.717) is 30.9 Å². The highest BCUT2D eigenvalue weighted by molar-refractivity contribution is 7.59. The molecule has 4 aromatic carbocycles. The van der Waals surface area contributed by atoms with E-state index in [1.165, 1.54) is 41.1 Å². The molecule has 0 aliphatic rings.